The van der Waals surface area contributed by atoms with Crippen LogP contribution in [0.4, 0.5) is 0 Å². The molecule has 0 aliphatic heterocycles. The molecule has 68 valence electrons. The van der Waals surface area contributed by atoms with Crippen LogP contribution in [0.25, 0.3) is 11.2 Å². The van der Waals surface area contributed by atoms with E-state index in [0.29, 0.717) is 23.7 Å². The molecule has 0 aromatic carbocycles. The maximum atomic E-state index is 5.42. The quantitative estimate of drug-likeness (QED) is 0.870. The zero-order valence-electron chi connectivity index (χ0n) is 7.04. The molecule has 0 aliphatic rings. The second-order valence-corrected chi connectivity index (χ2v) is 3.53. The SMILES string of the molecule is CNCc1nc2ncc(Br)cc2o1. The molecule has 0 radical (unpaired) electrons. The van der Waals surface area contributed by atoms with Crippen molar-refractivity contribution in [1.29, 1.82) is 0 Å². The Morgan fingerprint density at radius 3 is 3.23 bits per heavy atom. The van der Waals surface area contributed by atoms with Crippen molar-refractivity contribution in [2.75, 3.05) is 7.05 Å². The molecule has 0 saturated heterocycles. The first-order valence-electron chi connectivity index (χ1n) is 3.85. The van der Waals surface area contributed by atoms with Gasteiger partial charge < -0.3 is 9.73 Å². The van der Waals surface area contributed by atoms with Crippen LogP contribution in [-0.2, 0) is 6.54 Å². The number of fused-ring (bicyclic) bond motifs is 1. The highest BCUT2D eigenvalue weighted by atomic mass is 79.9. The first kappa shape index (κ1) is 8.65. The van der Waals surface area contributed by atoms with E-state index in [1.165, 1.54) is 0 Å². The second kappa shape index (κ2) is 3.43. The van der Waals surface area contributed by atoms with Gasteiger partial charge in [-0.3, -0.25) is 0 Å². The molecule has 13 heavy (non-hydrogen) atoms. The predicted molar refractivity (Wildman–Crippen MR) is 52.3 cm³/mol. The third kappa shape index (κ3) is 1.71. The molecule has 4 nitrogen and oxygen atoms in total. The summed E-state index contributed by atoms with van der Waals surface area (Å²) in [5, 5.41) is 2.96. The lowest BCUT2D eigenvalue weighted by molar-refractivity contribution is 0.511. The number of nitrogens with one attached hydrogen (secondary N) is 1. The molecule has 0 amide bonds. The van der Waals surface area contributed by atoms with Gasteiger partial charge in [0.05, 0.1) is 6.54 Å². The minimum Gasteiger partial charge on any atom is -0.437 e. The Bertz CT molecular complexity index is 426. The highest BCUT2D eigenvalue weighted by Crippen LogP contribution is 2.17. The van der Waals surface area contributed by atoms with Gasteiger partial charge in [0.2, 0.25) is 5.89 Å². The summed E-state index contributed by atoms with van der Waals surface area (Å²) in [7, 11) is 1.85. The molecule has 5 heteroatoms. The molecule has 0 saturated carbocycles. The summed E-state index contributed by atoms with van der Waals surface area (Å²) in [6.07, 6.45) is 1.70. The van der Waals surface area contributed by atoms with Gasteiger partial charge >= 0.3 is 0 Å². The van der Waals surface area contributed by atoms with Crippen molar-refractivity contribution in [2.24, 2.45) is 0 Å². The van der Waals surface area contributed by atoms with Crippen LogP contribution in [0.2, 0.25) is 0 Å². The zero-order chi connectivity index (χ0) is 9.26. The van der Waals surface area contributed by atoms with E-state index in [-0.39, 0.29) is 0 Å². The fraction of sp³-hybridized carbons (Fsp3) is 0.250. The van der Waals surface area contributed by atoms with E-state index in [1.54, 1.807) is 6.20 Å². The molecule has 2 aromatic heterocycles. The average Bonchev–Trinajstić information content (AvgIpc) is 2.46. The van der Waals surface area contributed by atoms with Gasteiger partial charge in [0, 0.05) is 16.7 Å². The van der Waals surface area contributed by atoms with Crippen molar-refractivity contribution >= 4 is 27.2 Å². The number of rotatable bonds is 2. The van der Waals surface area contributed by atoms with Crippen molar-refractivity contribution in [3.63, 3.8) is 0 Å². The van der Waals surface area contributed by atoms with Crippen LogP contribution in [0.5, 0.6) is 0 Å². The molecule has 0 fully saturated rings. The molecule has 2 heterocycles. The van der Waals surface area contributed by atoms with Crippen molar-refractivity contribution < 1.29 is 4.42 Å². The largest absolute Gasteiger partial charge is 0.437 e. The number of pyridine rings is 1. The van der Waals surface area contributed by atoms with Crippen LogP contribution < -0.4 is 5.32 Å². The summed E-state index contributed by atoms with van der Waals surface area (Å²) in [4.78, 5) is 8.29. The maximum Gasteiger partial charge on any atom is 0.211 e. The normalized spacial score (nSPS) is 10.9. The van der Waals surface area contributed by atoms with Gasteiger partial charge in [-0.2, -0.15) is 4.98 Å². The smallest absolute Gasteiger partial charge is 0.211 e. The molecule has 0 aliphatic carbocycles. The Morgan fingerprint density at radius 2 is 2.46 bits per heavy atom. The first-order valence-corrected chi connectivity index (χ1v) is 4.64. The van der Waals surface area contributed by atoms with E-state index in [9.17, 15) is 0 Å². The van der Waals surface area contributed by atoms with E-state index >= 15 is 0 Å². The number of oxazole rings is 1. The highest BCUT2D eigenvalue weighted by molar-refractivity contribution is 9.10. The second-order valence-electron chi connectivity index (χ2n) is 2.61. The minimum atomic E-state index is 0.619. The fourth-order valence-corrected chi connectivity index (χ4v) is 1.38. The number of nitrogens with zero attached hydrogens (tertiary/aromatic N) is 2. The van der Waals surface area contributed by atoms with Gasteiger partial charge in [-0.15, -0.1) is 0 Å². The van der Waals surface area contributed by atoms with Gasteiger partial charge in [0.1, 0.15) is 0 Å². The summed E-state index contributed by atoms with van der Waals surface area (Å²) in [6.45, 7) is 0.619. The van der Waals surface area contributed by atoms with Gasteiger partial charge in [-0.25, -0.2) is 4.98 Å². The third-order valence-electron chi connectivity index (χ3n) is 1.59. The highest BCUT2D eigenvalue weighted by Gasteiger charge is 2.05. The van der Waals surface area contributed by atoms with Gasteiger partial charge in [-0.05, 0) is 23.0 Å². The maximum absolute atomic E-state index is 5.42. The summed E-state index contributed by atoms with van der Waals surface area (Å²) in [6, 6.07) is 1.86. The summed E-state index contributed by atoms with van der Waals surface area (Å²) in [5.41, 5.74) is 1.35. The summed E-state index contributed by atoms with van der Waals surface area (Å²) >= 11 is 3.31. The fourth-order valence-electron chi connectivity index (χ4n) is 1.07. The van der Waals surface area contributed by atoms with Crippen molar-refractivity contribution in [3.8, 4) is 0 Å². The summed E-state index contributed by atoms with van der Waals surface area (Å²) < 4.78 is 6.32. The molecule has 0 bridgehead atoms. The average molecular weight is 242 g/mol. The number of halogens is 1. The number of hydrogen-bond donors (Lipinski definition) is 1. The van der Waals surface area contributed by atoms with E-state index in [1.807, 2.05) is 13.1 Å². The van der Waals surface area contributed by atoms with Gasteiger partial charge in [0.15, 0.2) is 11.2 Å². The first-order chi connectivity index (χ1) is 6.29. The van der Waals surface area contributed by atoms with Crippen LogP contribution in [0.15, 0.2) is 21.2 Å². The molecule has 0 unspecified atom stereocenters. The van der Waals surface area contributed by atoms with E-state index in [2.05, 4.69) is 31.2 Å². The van der Waals surface area contributed by atoms with Crippen LogP contribution in [0.3, 0.4) is 0 Å². The lowest BCUT2D eigenvalue weighted by Crippen LogP contribution is -2.04. The van der Waals surface area contributed by atoms with E-state index < -0.39 is 0 Å². The minimum absolute atomic E-state index is 0.619. The molecule has 0 atom stereocenters. The monoisotopic (exact) mass is 241 g/mol. The summed E-state index contributed by atoms with van der Waals surface area (Å²) in [5.74, 6) is 0.656. The Kier molecular flexibility index (Phi) is 2.28. The number of aromatic nitrogens is 2. The molecule has 1 N–H and O–H groups in total. The molecule has 0 spiro atoms. The molecular formula is C8H8BrN3O. The number of hydrogen-bond acceptors (Lipinski definition) is 4. The van der Waals surface area contributed by atoms with Crippen molar-refractivity contribution in [2.45, 2.75) is 6.54 Å². The Balaban J connectivity index is 2.49. The van der Waals surface area contributed by atoms with E-state index in [0.717, 1.165) is 4.47 Å². The lowest BCUT2D eigenvalue weighted by atomic mass is 10.5. The standard InChI is InChI=1S/C8H8BrN3O/c1-10-4-7-12-8-6(13-7)2-5(9)3-11-8/h2-3,10H,4H2,1H3. The Labute approximate surface area is 83.5 Å². The van der Waals surface area contributed by atoms with Crippen molar-refractivity contribution in [3.05, 3.63) is 22.6 Å². The third-order valence-corrected chi connectivity index (χ3v) is 2.02. The lowest BCUT2D eigenvalue weighted by Gasteiger charge is -1.88. The van der Waals surface area contributed by atoms with Crippen LogP contribution >= 0.6 is 15.9 Å². The Hall–Kier alpha value is -0.940. The molecule has 2 rings (SSSR count). The topological polar surface area (TPSA) is 51.0 Å². The molecular weight excluding hydrogens is 234 g/mol. The zero-order valence-corrected chi connectivity index (χ0v) is 8.63. The van der Waals surface area contributed by atoms with Gasteiger partial charge in [0.25, 0.3) is 0 Å². The molecule has 2 aromatic rings. The van der Waals surface area contributed by atoms with Gasteiger partial charge in [-0.1, -0.05) is 0 Å². The van der Waals surface area contributed by atoms with Crippen LogP contribution in [0.1, 0.15) is 5.89 Å². The predicted octanol–water partition coefficient (Wildman–Crippen LogP) is 1.70. The van der Waals surface area contributed by atoms with Crippen LogP contribution in [-0.4, -0.2) is 17.0 Å². The van der Waals surface area contributed by atoms with E-state index in [4.69, 9.17) is 4.42 Å². The van der Waals surface area contributed by atoms with Crippen LogP contribution in [0, 0.1) is 0 Å². The Morgan fingerprint density at radius 1 is 1.62 bits per heavy atom. The van der Waals surface area contributed by atoms with Crippen molar-refractivity contribution in [1.82, 2.24) is 15.3 Å².